The molecule has 0 aliphatic carbocycles. The Hall–Kier alpha value is -3.45. The maximum Gasteiger partial charge on any atom is 0.434 e. The summed E-state index contributed by atoms with van der Waals surface area (Å²) in [5.74, 6) is -0.608. The summed E-state index contributed by atoms with van der Waals surface area (Å²) in [4.78, 5) is 25.9. The maximum atomic E-state index is 12.2. The second-order valence-corrected chi connectivity index (χ2v) is 8.33. The zero-order chi connectivity index (χ0) is 22.4. The Kier molecular flexibility index (Phi) is 6.87. The van der Waals surface area contributed by atoms with Crippen molar-refractivity contribution in [2.75, 3.05) is 6.61 Å². The minimum Gasteiger partial charge on any atom is -0.390 e. The van der Waals surface area contributed by atoms with Crippen LogP contribution in [-0.2, 0) is 38.6 Å². The van der Waals surface area contributed by atoms with Gasteiger partial charge in [0.2, 0.25) is 0 Å². The molecule has 0 bridgehead atoms. The van der Waals surface area contributed by atoms with Gasteiger partial charge in [-0.15, -0.1) is 5.10 Å². The van der Waals surface area contributed by atoms with Crippen LogP contribution in [-0.4, -0.2) is 50.3 Å². The van der Waals surface area contributed by atoms with E-state index in [1.807, 2.05) is 6.92 Å². The van der Waals surface area contributed by atoms with Gasteiger partial charge in [0.15, 0.2) is 5.78 Å². The summed E-state index contributed by atoms with van der Waals surface area (Å²) in [6.07, 6.45) is 4.64. The number of carbonyl (C=O) groups is 1. The fraction of sp³-hybridized carbons (Fsp3) is 0.333. The summed E-state index contributed by atoms with van der Waals surface area (Å²) < 4.78 is 31.9. The van der Waals surface area contributed by atoms with Gasteiger partial charge >= 0.3 is 5.95 Å². The van der Waals surface area contributed by atoms with E-state index < -0.39 is 15.0 Å². The lowest BCUT2D eigenvalue weighted by Gasteiger charge is -2.05. The Labute approximate surface area is 177 Å². The first-order chi connectivity index (χ1) is 14.7. The molecule has 0 saturated heterocycles. The molecule has 0 aliphatic heterocycles. The second-order valence-electron chi connectivity index (χ2n) is 6.71. The van der Waals surface area contributed by atoms with Crippen LogP contribution in [0, 0.1) is 17.0 Å². The molecule has 0 unspecified atom stereocenters. The van der Waals surface area contributed by atoms with Crippen molar-refractivity contribution >= 4 is 21.8 Å². The third-order valence-corrected chi connectivity index (χ3v) is 5.64. The molecule has 12 nitrogen and oxygen atoms in total. The Bertz CT molecular complexity index is 1170. The van der Waals surface area contributed by atoms with Gasteiger partial charge < -0.3 is 10.1 Å². The fourth-order valence-electron chi connectivity index (χ4n) is 2.71. The molecule has 31 heavy (non-hydrogen) atoms. The summed E-state index contributed by atoms with van der Waals surface area (Å²) >= 11 is 0. The molecule has 0 amide bonds. The van der Waals surface area contributed by atoms with Crippen LogP contribution in [0.15, 0.2) is 47.8 Å². The van der Waals surface area contributed by atoms with Gasteiger partial charge in [0.1, 0.15) is 18.9 Å². The van der Waals surface area contributed by atoms with Crippen LogP contribution >= 0.6 is 0 Å². The summed E-state index contributed by atoms with van der Waals surface area (Å²) in [5.41, 5.74) is 1.48. The van der Waals surface area contributed by atoms with Gasteiger partial charge in [-0.25, -0.2) is 9.25 Å². The number of aromatic nitrogens is 5. The van der Waals surface area contributed by atoms with E-state index in [1.54, 1.807) is 18.3 Å². The summed E-state index contributed by atoms with van der Waals surface area (Å²) in [5, 5.41) is 18.7. The van der Waals surface area contributed by atoms with Gasteiger partial charge in [-0.05, 0) is 24.0 Å². The van der Waals surface area contributed by atoms with Crippen molar-refractivity contribution in [1.29, 1.82) is 0 Å². The number of rotatable bonds is 11. The van der Waals surface area contributed by atoms with Crippen LogP contribution in [0.1, 0.15) is 17.7 Å². The van der Waals surface area contributed by atoms with Gasteiger partial charge in [0.25, 0.3) is 10.1 Å². The molecule has 1 aromatic carbocycles. The summed E-state index contributed by atoms with van der Waals surface area (Å²) in [6.45, 7) is 1.74. The van der Waals surface area contributed by atoms with E-state index in [0.717, 1.165) is 5.56 Å². The van der Waals surface area contributed by atoms with Crippen LogP contribution in [0.25, 0.3) is 0 Å². The first-order valence-corrected chi connectivity index (χ1v) is 10.7. The Morgan fingerprint density at radius 3 is 2.71 bits per heavy atom. The third kappa shape index (κ3) is 6.02. The highest BCUT2D eigenvalue weighted by Gasteiger charge is 2.18. The molecule has 2 aromatic heterocycles. The molecule has 0 aliphatic rings. The average molecular weight is 448 g/mol. The van der Waals surface area contributed by atoms with Crippen molar-refractivity contribution < 1.29 is 22.3 Å². The fourth-order valence-corrected chi connectivity index (χ4v) is 3.61. The SMILES string of the molecule is Cc1ccc(S(=O)(=O)OCCn2cc(CCC(=O)Cn3ccnc3[N+](=O)[O-])nn2)cc1. The highest BCUT2D eigenvalue weighted by atomic mass is 32.2. The lowest BCUT2D eigenvalue weighted by Crippen LogP contribution is -2.13. The number of imidazole rings is 1. The Morgan fingerprint density at radius 2 is 2.00 bits per heavy atom. The van der Waals surface area contributed by atoms with E-state index in [9.17, 15) is 23.3 Å². The number of benzene rings is 1. The lowest BCUT2D eigenvalue weighted by molar-refractivity contribution is -0.396. The Balaban J connectivity index is 1.46. The van der Waals surface area contributed by atoms with E-state index in [4.69, 9.17) is 4.18 Å². The molecule has 3 rings (SSSR count). The molecule has 0 atom stereocenters. The molecule has 0 spiro atoms. The molecule has 13 heteroatoms. The number of Topliss-reactive ketones (excluding diaryl/α,β-unsaturated/α-hetero) is 1. The highest BCUT2D eigenvalue weighted by Crippen LogP contribution is 2.13. The van der Waals surface area contributed by atoms with E-state index in [1.165, 1.54) is 33.8 Å². The first kappa shape index (κ1) is 22.2. The maximum absolute atomic E-state index is 12.2. The smallest absolute Gasteiger partial charge is 0.390 e. The van der Waals surface area contributed by atoms with Gasteiger partial charge in [-0.3, -0.25) is 8.98 Å². The predicted molar refractivity (Wildman–Crippen MR) is 107 cm³/mol. The number of aryl methyl sites for hydroxylation is 2. The minimum absolute atomic E-state index is 0.0778. The first-order valence-electron chi connectivity index (χ1n) is 9.27. The van der Waals surface area contributed by atoms with Crippen LogP contribution in [0.3, 0.4) is 0 Å². The molecule has 0 N–H and O–H groups in total. The van der Waals surface area contributed by atoms with Gasteiger partial charge in [-0.1, -0.05) is 27.9 Å². The normalized spacial score (nSPS) is 11.5. The van der Waals surface area contributed by atoms with Gasteiger partial charge in [-0.2, -0.15) is 8.42 Å². The lowest BCUT2D eigenvalue weighted by atomic mass is 10.2. The van der Waals surface area contributed by atoms with Crippen LogP contribution in [0.2, 0.25) is 0 Å². The van der Waals surface area contributed by atoms with Crippen molar-refractivity contribution in [2.45, 2.75) is 37.8 Å². The second kappa shape index (κ2) is 9.57. The van der Waals surface area contributed by atoms with E-state index in [0.29, 0.717) is 12.1 Å². The topological polar surface area (TPSA) is 152 Å². The zero-order valence-corrected chi connectivity index (χ0v) is 17.4. The quantitative estimate of drug-likeness (QED) is 0.240. The molecular formula is C18H20N6O6S. The van der Waals surface area contributed by atoms with Crippen molar-refractivity contribution in [3.8, 4) is 0 Å². The van der Waals surface area contributed by atoms with Crippen molar-refractivity contribution in [3.63, 3.8) is 0 Å². The van der Waals surface area contributed by atoms with E-state index in [2.05, 4.69) is 15.3 Å². The summed E-state index contributed by atoms with van der Waals surface area (Å²) in [6, 6.07) is 6.33. The van der Waals surface area contributed by atoms with E-state index >= 15 is 0 Å². The standard InChI is InChI=1S/C18H20N6O6S/c1-14-2-6-17(7-3-14)31(28,29)30-11-10-23-12-15(20-21-23)4-5-16(25)13-22-9-8-19-18(22)24(26)27/h2-3,6-9,12H,4-5,10-11,13H2,1H3. The minimum atomic E-state index is -3.86. The van der Waals surface area contributed by atoms with Crippen molar-refractivity contribution in [1.82, 2.24) is 24.5 Å². The largest absolute Gasteiger partial charge is 0.434 e. The third-order valence-electron chi connectivity index (χ3n) is 4.32. The molecule has 3 aromatic rings. The van der Waals surface area contributed by atoms with Crippen molar-refractivity contribution in [3.05, 3.63) is 64.2 Å². The monoisotopic (exact) mass is 448 g/mol. The number of carbonyl (C=O) groups excluding carboxylic acids is 1. The van der Waals surface area contributed by atoms with Crippen LogP contribution < -0.4 is 0 Å². The zero-order valence-electron chi connectivity index (χ0n) is 16.6. The Morgan fingerprint density at radius 1 is 1.26 bits per heavy atom. The average Bonchev–Trinajstić information content (AvgIpc) is 3.36. The molecule has 0 fully saturated rings. The van der Waals surface area contributed by atoms with Crippen molar-refractivity contribution in [2.24, 2.45) is 0 Å². The molecule has 0 saturated carbocycles. The number of nitrogens with zero attached hydrogens (tertiary/aromatic N) is 6. The van der Waals surface area contributed by atoms with Gasteiger partial charge in [0.05, 0.1) is 23.7 Å². The summed E-state index contributed by atoms with van der Waals surface area (Å²) in [7, 11) is -3.86. The number of hydrogen-bond donors (Lipinski definition) is 0. The molecule has 164 valence electrons. The van der Waals surface area contributed by atoms with E-state index in [-0.39, 0.29) is 42.7 Å². The highest BCUT2D eigenvalue weighted by molar-refractivity contribution is 7.86. The van der Waals surface area contributed by atoms with Crippen LogP contribution in [0.5, 0.6) is 0 Å². The number of hydrogen-bond acceptors (Lipinski definition) is 9. The van der Waals surface area contributed by atoms with Crippen LogP contribution in [0.4, 0.5) is 5.95 Å². The number of nitro groups is 1. The molecule has 0 radical (unpaired) electrons. The van der Waals surface area contributed by atoms with Gasteiger partial charge in [0, 0.05) is 19.0 Å². The molecule has 2 heterocycles. The number of ketones is 1. The predicted octanol–water partition coefficient (Wildman–Crippen LogP) is 1.30. The molecular weight excluding hydrogens is 428 g/mol.